The van der Waals surface area contributed by atoms with Crippen molar-refractivity contribution in [1.29, 1.82) is 0 Å². The number of aliphatic carboxylic acids is 1. The quantitative estimate of drug-likeness (QED) is 0.734. The van der Waals surface area contributed by atoms with E-state index in [2.05, 4.69) is 5.32 Å². The van der Waals surface area contributed by atoms with Crippen molar-refractivity contribution in [3.05, 3.63) is 30.3 Å². The predicted octanol–water partition coefficient (Wildman–Crippen LogP) is 0.930. The van der Waals surface area contributed by atoms with Gasteiger partial charge in [0.1, 0.15) is 5.75 Å². The van der Waals surface area contributed by atoms with E-state index in [4.69, 9.17) is 5.11 Å². The first kappa shape index (κ1) is 11.9. The molecule has 1 rings (SSSR count). The normalized spacial score (nSPS) is 14.3. The smallest absolute Gasteiger partial charge is 0.331 e. The lowest BCUT2D eigenvalue weighted by Gasteiger charge is -2.15. The van der Waals surface area contributed by atoms with Gasteiger partial charge in [0.05, 0.1) is 6.26 Å². The van der Waals surface area contributed by atoms with Gasteiger partial charge in [0.2, 0.25) is 0 Å². The maximum atomic E-state index is 11.0. The molecule has 15 heavy (non-hydrogen) atoms. The summed E-state index contributed by atoms with van der Waals surface area (Å²) < 4.78 is 11.0. The lowest BCUT2D eigenvalue weighted by atomic mass is 10.2. The summed E-state index contributed by atoms with van der Waals surface area (Å²) in [6.45, 7) is 0. The third-order valence-corrected chi connectivity index (χ3v) is 2.62. The van der Waals surface area contributed by atoms with Crippen LogP contribution in [0.3, 0.4) is 0 Å². The van der Waals surface area contributed by atoms with Crippen molar-refractivity contribution in [2.24, 2.45) is 0 Å². The van der Waals surface area contributed by atoms with Gasteiger partial charge in [0.25, 0.3) is 0 Å². The summed E-state index contributed by atoms with van der Waals surface area (Å²) in [4.78, 5) is 10.8. The van der Waals surface area contributed by atoms with E-state index in [0.717, 1.165) is 5.69 Å². The number of carboxylic acid groups (broad SMARTS) is 1. The third kappa shape index (κ3) is 4.22. The molecule has 0 aromatic heterocycles. The van der Waals surface area contributed by atoms with Crippen molar-refractivity contribution >= 4 is 22.8 Å². The molecule has 5 heteroatoms. The van der Waals surface area contributed by atoms with Crippen LogP contribution in [0.15, 0.2) is 30.3 Å². The molecule has 0 saturated carbocycles. The number of carboxylic acids is 1. The summed E-state index contributed by atoms with van der Waals surface area (Å²) in [5.74, 6) is -0.890. The molecule has 0 saturated heterocycles. The van der Waals surface area contributed by atoms with Crippen LogP contribution < -0.4 is 5.32 Å². The van der Waals surface area contributed by atoms with Crippen molar-refractivity contribution in [2.75, 3.05) is 17.3 Å². The molecule has 0 spiro atoms. The Hall–Kier alpha value is -1.20. The Morgan fingerprint density at radius 3 is 2.60 bits per heavy atom. The Morgan fingerprint density at radius 1 is 1.53 bits per heavy atom. The monoisotopic (exact) mass is 227 g/mol. The Morgan fingerprint density at radius 2 is 2.13 bits per heavy atom. The second kappa shape index (κ2) is 5.63. The highest BCUT2D eigenvalue weighted by Crippen LogP contribution is 2.08. The van der Waals surface area contributed by atoms with Crippen LogP contribution in [0.2, 0.25) is 0 Å². The summed E-state index contributed by atoms with van der Waals surface area (Å²) in [6, 6.07) is 8.20. The van der Waals surface area contributed by atoms with Gasteiger partial charge < -0.3 is 15.0 Å². The minimum absolute atomic E-state index is 0.101. The average Bonchev–Trinajstić information content (AvgIpc) is 2.17. The fraction of sp³-hybridized carbons (Fsp3) is 0.300. The molecule has 0 bridgehead atoms. The van der Waals surface area contributed by atoms with Crippen molar-refractivity contribution in [3.63, 3.8) is 0 Å². The zero-order chi connectivity index (χ0) is 11.3. The summed E-state index contributed by atoms with van der Waals surface area (Å²) in [5, 5.41) is 11.7. The van der Waals surface area contributed by atoms with E-state index < -0.39 is 23.2 Å². The Kier molecular flexibility index (Phi) is 4.45. The second-order valence-corrected chi connectivity index (χ2v) is 4.62. The first-order valence-electron chi connectivity index (χ1n) is 4.44. The maximum Gasteiger partial charge on any atom is 0.331 e. The second-order valence-electron chi connectivity index (χ2n) is 3.14. The zero-order valence-corrected chi connectivity index (χ0v) is 9.16. The summed E-state index contributed by atoms with van der Waals surface area (Å²) in [6.07, 6.45) is 1.49. The molecule has 0 heterocycles. The molecule has 2 N–H and O–H groups in total. The van der Waals surface area contributed by atoms with E-state index in [-0.39, 0.29) is 5.75 Å². The van der Waals surface area contributed by atoms with Crippen molar-refractivity contribution in [2.45, 2.75) is 6.04 Å². The molecule has 0 radical (unpaired) electrons. The van der Waals surface area contributed by atoms with Gasteiger partial charge in [-0.2, -0.15) is 0 Å². The van der Waals surface area contributed by atoms with Crippen LogP contribution in [-0.4, -0.2) is 33.7 Å². The van der Waals surface area contributed by atoms with Gasteiger partial charge in [0, 0.05) is 5.69 Å². The summed E-state index contributed by atoms with van der Waals surface area (Å²) in [7, 11) is 0. The van der Waals surface area contributed by atoms with Gasteiger partial charge in [-0.1, -0.05) is 29.4 Å². The molecule has 0 fully saturated rings. The largest absolute Gasteiger partial charge is 0.616 e. The van der Waals surface area contributed by atoms with E-state index in [0.29, 0.717) is 0 Å². The maximum absolute atomic E-state index is 11.0. The van der Waals surface area contributed by atoms with Crippen molar-refractivity contribution < 1.29 is 14.5 Å². The SMILES string of the molecule is C[S+]([O-])C[C@H](Nc1ccccc1)C(=O)O. The highest BCUT2D eigenvalue weighted by Gasteiger charge is 2.21. The van der Waals surface area contributed by atoms with Crippen LogP contribution in [-0.2, 0) is 16.0 Å². The molecule has 1 aromatic rings. The number of hydrogen-bond acceptors (Lipinski definition) is 3. The number of rotatable bonds is 5. The topological polar surface area (TPSA) is 72.4 Å². The Labute approximate surface area is 91.5 Å². The van der Waals surface area contributed by atoms with Crippen LogP contribution in [0.25, 0.3) is 0 Å². The number of nitrogens with one attached hydrogen (secondary N) is 1. The van der Waals surface area contributed by atoms with Crippen LogP contribution in [0, 0.1) is 0 Å². The fourth-order valence-corrected chi connectivity index (χ4v) is 1.84. The highest BCUT2D eigenvalue weighted by atomic mass is 32.2. The van der Waals surface area contributed by atoms with Crippen molar-refractivity contribution in [3.8, 4) is 0 Å². The molecule has 0 aliphatic carbocycles. The lowest BCUT2D eigenvalue weighted by molar-refractivity contribution is -0.137. The van der Waals surface area contributed by atoms with Gasteiger partial charge in [-0.15, -0.1) is 0 Å². The standard InChI is InChI=1S/C10H13NO3S/c1-15(14)7-9(10(12)13)11-8-5-3-2-4-6-8/h2-6,9,11H,7H2,1H3,(H,12,13)/t9-,15?/m0/s1. The lowest BCUT2D eigenvalue weighted by Crippen LogP contribution is -2.35. The van der Waals surface area contributed by atoms with Gasteiger partial charge >= 0.3 is 5.97 Å². The third-order valence-electron chi connectivity index (χ3n) is 1.81. The number of benzene rings is 1. The molecule has 0 aliphatic heterocycles. The average molecular weight is 227 g/mol. The summed E-state index contributed by atoms with van der Waals surface area (Å²) in [5.41, 5.74) is 0.718. The van der Waals surface area contributed by atoms with E-state index in [1.54, 1.807) is 12.1 Å². The van der Waals surface area contributed by atoms with E-state index in [9.17, 15) is 9.35 Å². The molecule has 1 aromatic carbocycles. The number of carbonyl (C=O) groups is 1. The molecular formula is C10H13NO3S. The number of hydrogen-bond donors (Lipinski definition) is 2. The van der Waals surface area contributed by atoms with Gasteiger partial charge in [0.15, 0.2) is 6.04 Å². The highest BCUT2D eigenvalue weighted by molar-refractivity contribution is 7.90. The predicted molar refractivity (Wildman–Crippen MR) is 60.4 cm³/mol. The van der Waals surface area contributed by atoms with E-state index in [1.807, 2.05) is 18.2 Å². The van der Waals surface area contributed by atoms with E-state index in [1.165, 1.54) is 6.26 Å². The van der Waals surface area contributed by atoms with Gasteiger partial charge in [-0.05, 0) is 12.1 Å². The minimum atomic E-state index is -1.13. The van der Waals surface area contributed by atoms with Crippen LogP contribution in [0.5, 0.6) is 0 Å². The zero-order valence-electron chi connectivity index (χ0n) is 8.34. The Bertz CT molecular complexity index is 316. The minimum Gasteiger partial charge on any atom is -0.616 e. The molecule has 1 unspecified atom stereocenters. The number of anilines is 1. The Balaban J connectivity index is 2.63. The summed E-state index contributed by atoms with van der Waals surface area (Å²) >= 11 is -1.13. The number of para-hydroxylation sites is 1. The fourth-order valence-electron chi connectivity index (χ4n) is 1.14. The molecular weight excluding hydrogens is 214 g/mol. The first-order chi connectivity index (χ1) is 7.09. The molecule has 2 atom stereocenters. The van der Waals surface area contributed by atoms with Crippen molar-refractivity contribution in [1.82, 2.24) is 0 Å². The molecule has 4 nitrogen and oxygen atoms in total. The van der Waals surface area contributed by atoms with Crippen LogP contribution in [0.4, 0.5) is 5.69 Å². The first-order valence-corrected chi connectivity index (χ1v) is 6.16. The van der Waals surface area contributed by atoms with Crippen LogP contribution in [0.1, 0.15) is 0 Å². The van der Waals surface area contributed by atoms with E-state index >= 15 is 0 Å². The molecule has 0 amide bonds. The van der Waals surface area contributed by atoms with Gasteiger partial charge in [-0.25, -0.2) is 4.79 Å². The molecule has 82 valence electrons. The van der Waals surface area contributed by atoms with Crippen LogP contribution >= 0.6 is 0 Å². The van der Waals surface area contributed by atoms with Gasteiger partial charge in [-0.3, -0.25) is 0 Å². The molecule has 0 aliphatic rings.